The van der Waals surface area contributed by atoms with Crippen molar-refractivity contribution in [2.45, 2.75) is 13.3 Å². The predicted octanol–water partition coefficient (Wildman–Crippen LogP) is 4.02. The maximum atomic E-state index is 10.2. The second-order valence-electron chi connectivity index (χ2n) is 4.86. The number of thiazole rings is 1. The normalized spacial score (nSPS) is 10.8. The van der Waals surface area contributed by atoms with Crippen LogP contribution in [-0.4, -0.2) is 16.7 Å². The van der Waals surface area contributed by atoms with Crippen LogP contribution in [0.4, 0.5) is 0 Å². The molecule has 5 nitrogen and oxygen atoms in total. The Bertz CT molecular complexity index is 824. The molecule has 3 aromatic rings. The molecule has 0 unspecified atom stereocenters. The van der Waals surface area contributed by atoms with Gasteiger partial charge in [0.25, 0.3) is 5.09 Å². The standard InChI is InChI=1S/C16H14N2O3S/c1-11-15(9-10-21-18(19)20)22-16(17-11)14-8-4-6-12-5-2-3-7-13(12)14/h2-8H,9-10H2,1H3. The predicted molar refractivity (Wildman–Crippen MR) is 86.4 cm³/mol. The molecule has 2 aromatic carbocycles. The molecule has 22 heavy (non-hydrogen) atoms. The number of rotatable bonds is 5. The first-order chi connectivity index (χ1) is 10.6. The van der Waals surface area contributed by atoms with Gasteiger partial charge in [0.15, 0.2) is 0 Å². The van der Waals surface area contributed by atoms with Crippen molar-refractivity contribution >= 4 is 22.1 Å². The average molecular weight is 314 g/mol. The van der Waals surface area contributed by atoms with Crippen molar-refractivity contribution in [1.82, 2.24) is 4.98 Å². The van der Waals surface area contributed by atoms with Crippen molar-refractivity contribution in [1.29, 1.82) is 0 Å². The Morgan fingerprint density at radius 2 is 2.00 bits per heavy atom. The van der Waals surface area contributed by atoms with Crippen molar-refractivity contribution in [2.24, 2.45) is 0 Å². The third-order valence-electron chi connectivity index (χ3n) is 3.44. The Kier molecular flexibility index (Phi) is 4.02. The van der Waals surface area contributed by atoms with Gasteiger partial charge >= 0.3 is 0 Å². The van der Waals surface area contributed by atoms with Crippen LogP contribution in [0.3, 0.4) is 0 Å². The fourth-order valence-corrected chi connectivity index (χ4v) is 3.48. The Morgan fingerprint density at radius 1 is 1.23 bits per heavy atom. The number of aromatic nitrogens is 1. The van der Waals surface area contributed by atoms with E-state index in [4.69, 9.17) is 0 Å². The Labute approximate surface area is 131 Å². The first-order valence-electron chi connectivity index (χ1n) is 6.87. The minimum atomic E-state index is -0.762. The topological polar surface area (TPSA) is 65.3 Å². The highest BCUT2D eigenvalue weighted by Crippen LogP contribution is 2.33. The summed E-state index contributed by atoms with van der Waals surface area (Å²) in [6.07, 6.45) is 0.495. The molecule has 0 saturated carbocycles. The summed E-state index contributed by atoms with van der Waals surface area (Å²) in [5.41, 5.74) is 1.99. The zero-order chi connectivity index (χ0) is 15.5. The smallest absolute Gasteiger partial charge is 0.294 e. The highest BCUT2D eigenvalue weighted by molar-refractivity contribution is 7.15. The van der Waals surface area contributed by atoms with Crippen LogP contribution in [-0.2, 0) is 11.3 Å². The lowest BCUT2D eigenvalue weighted by Crippen LogP contribution is -2.04. The molecular formula is C16H14N2O3S. The van der Waals surface area contributed by atoms with E-state index in [1.165, 1.54) is 5.39 Å². The van der Waals surface area contributed by atoms with Crippen LogP contribution in [0.15, 0.2) is 42.5 Å². The van der Waals surface area contributed by atoms with Gasteiger partial charge in [0.1, 0.15) is 11.6 Å². The van der Waals surface area contributed by atoms with E-state index in [-0.39, 0.29) is 6.61 Å². The molecule has 0 radical (unpaired) electrons. The van der Waals surface area contributed by atoms with Crippen LogP contribution in [0, 0.1) is 17.0 Å². The Hall–Kier alpha value is -2.47. The molecule has 0 N–H and O–H groups in total. The summed E-state index contributed by atoms with van der Waals surface area (Å²) in [5.74, 6) is 0. The van der Waals surface area contributed by atoms with Crippen molar-refractivity contribution in [3.05, 3.63) is 63.1 Å². The van der Waals surface area contributed by atoms with Crippen LogP contribution in [0.25, 0.3) is 21.3 Å². The second kappa shape index (κ2) is 6.11. The molecule has 0 atom stereocenters. The zero-order valence-corrected chi connectivity index (χ0v) is 12.8. The molecule has 0 aliphatic heterocycles. The van der Waals surface area contributed by atoms with Gasteiger partial charge < -0.3 is 4.84 Å². The van der Waals surface area contributed by atoms with E-state index < -0.39 is 5.09 Å². The van der Waals surface area contributed by atoms with Gasteiger partial charge in [-0.05, 0) is 17.7 Å². The molecule has 0 amide bonds. The monoisotopic (exact) mass is 314 g/mol. The van der Waals surface area contributed by atoms with Gasteiger partial charge in [0.05, 0.1) is 5.69 Å². The van der Waals surface area contributed by atoms with Gasteiger partial charge in [-0.2, -0.15) is 0 Å². The van der Waals surface area contributed by atoms with Crippen molar-refractivity contribution < 1.29 is 9.92 Å². The van der Waals surface area contributed by atoms with Crippen LogP contribution < -0.4 is 0 Å². The van der Waals surface area contributed by atoms with Crippen LogP contribution in [0.2, 0.25) is 0 Å². The summed E-state index contributed by atoms with van der Waals surface area (Å²) < 4.78 is 0. The number of aryl methyl sites for hydroxylation is 1. The molecule has 0 bridgehead atoms. The maximum absolute atomic E-state index is 10.2. The number of benzene rings is 2. The first kappa shape index (κ1) is 14.5. The Balaban J connectivity index is 1.93. The summed E-state index contributed by atoms with van der Waals surface area (Å²) in [6.45, 7) is 1.98. The van der Waals surface area contributed by atoms with Gasteiger partial charge in [-0.15, -0.1) is 21.5 Å². The van der Waals surface area contributed by atoms with Crippen LogP contribution in [0.5, 0.6) is 0 Å². The van der Waals surface area contributed by atoms with Gasteiger partial charge in [0, 0.05) is 16.9 Å². The van der Waals surface area contributed by atoms with Crippen molar-refractivity contribution in [2.75, 3.05) is 6.61 Å². The van der Waals surface area contributed by atoms with E-state index >= 15 is 0 Å². The Morgan fingerprint density at radius 3 is 2.82 bits per heavy atom. The molecule has 6 heteroatoms. The lowest BCUT2D eigenvalue weighted by Gasteiger charge is -2.02. The summed E-state index contributed by atoms with van der Waals surface area (Å²) in [6, 6.07) is 14.3. The number of fused-ring (bicyclic) bond motifs is 1. The highest BCUT2D eigenvalue weighted by Gasteiger charge is 2.12. The highest BCUT2D eigenvalue weighted by atomic mass is 32.1. The van der Waals surface area contributed by atoms with E-state index in [9.17, 15) is 10.1 Å². The average Bonchev–Trinajstić information content (AvgIpc) is 2.87. The number of hydrogen-bond acceptors (Lipinski definition) is 5. The van der Waals surface area contributed by atoms with E-state index in [2.05, 4.69) is 34.1 Å². The number of nitrogens with zero attached hydrogens (tertiary/aromatic N) is 2. The minimum Gasteiger partial charge on any atom is -0.314 e. The molecule has 0 saturated heterocycles. The molecule has 112 valence electrons. The fraction of sp³-hybridized carbons (Fsp3) is 0.188. The van der Waals surface area contributed by atoms with Gasteiger partial charge in [0.2, 0.25) is 0 Å². The molecule has 1 heterocycles. The summed E-state index contributed by atoms with van der Waals surface area (Å²) in [5, 5.41) is 12.7. The minimum absolute atomic E-state index is 0.0605. The molecular weight excluding hydrogens is 300 g/mol. The molecule has 0 spiro atoms. The summed E-state index contributed by atoms with van der Waals surface area (Å²) in [4.78, 5) is 20.2. The molecule has 0 fully saturated rings. The number of hydrogen-bond donors (Lipinski definition) is 0. The largest absolute Gasteiger partial charge is 0.314 e. The van der Waals surface area contributed by atoms with E-state index in [0.717, 1.165) is 26.5 Å². The van der Waals surface area contributed by atoms with E-state index in [0.29, 0.717) is 6.42 Å². The quantitative estimate of drug-likeness (QED) is 0.527. The lowest BCUT2D eigenvalue weighted by atomic mass is 10.1. The SMILES string of the molecule is Cc1nc(-c2cccc3ccccc23)sc1CCO[N+](=O)[O-]. The third kappa shape index (κ3) is 2.92. The fourth-order valence-electron chi connectivity index (χ4n) is 2.40. The van der Waals surface area contributed by atoms with Crippen molar-refractivity contribution in [3.63, 3.8) is 0 Å². The first-order valence-corrected chi connectivity index (χ1v) is 7.68. The summed E-state index contributed by atoms with van der Waals surface area (Å²) in [7, 11) is 0. The summed E-state index contributed by atoms with van der Waals surface area (Å²) >= 11 is 1.57. The van der Waals surface area contributed by atoms with Gasteiger partial charge in [-0.1, -0.05) is 42.5 Å². The molecule has 1 aromatic heterocycles. The van der Waals surface area contributed by atoms with Crippen LogP contribution >= 0.6 is 11.3 Å². The van der Waals surface area contributed by atoms with Crippen molar-refractivity contribution in [3.8, 4) is 10.6 Å². The zero-order valence-electron chi connectivity index (χ0n) is 12.0. The lowest BCUT2D eigenvalue weighted by molar-refractivity contribution is -0.757. The van der Waals surface area contributed by atoms with E-state index in [1.807, 2.05) is 25.1 Å². The third-order valence-corrected chi connectivity index (χ3v) is 4.69. The maximum Gasteiger partial charge on any atom is 0.294 e. The van der Waals surface area contributed by atoms with Crippen LogP contribution in [0.1, 0.15) is 10.6 Å². The van der Waals surface area contributed by atoms with Gasteiger partial charge in [-0.25, -0.2) is 4.98 Å². The van der Waals surface area contributed by atoms with E-state index in [1.54, 1.807) is 11.3 Å². The molecule has 3 rings (SSSR count). The van der Waals surface area contributed by atoms with Gasteiger partial charge in [-0.3, -0.25) is 0 Å². The second-order valence-corrected chi connectivity index (χ2v) is 5.94. The molecule has 0 aliphatic carbocycles. The molecule has 0 aliphatic rings.